The molecule has 19 heavy (non-hydrogen) atoms. The summed E-state index contributed by atoms with van der Waals surface area (Å²) in [5.41, 5.74) is 2.36. The summed E-state index contributed by atoms with van der Waals surface area (Å²) >= 11 is 5.96. The molecule has 0 atom stereocenters. The Bertz CT molecular complexity index is 416. The first kappa shape index (κ1) is 16.2. The minimum Gasteiger partial charge on any atom is -0.368 e. The van der Waals surface area contributed by atoms with Gasteiger partial charge in [-0.25, -0.2) is 0 Å². The molecule has 1 heterocycles. The predicted molar refractivity (Wildman–Crippen MR) is 82.9 cm³/mol. The lowest BCUT2D eigenvalue weighted by Gasteiger charge is -2.25. The molecule has 1 N–H and O–H groups in total. The summed E-state index contributed by atoms with van der Waals surface area (Å²) in [6.07, 6.45) is 5.09. The normalized spacial score (nSPS) is 11.7. The summed E-state index contributed by atoms with van der Waals surface area (Å²) in [6.45, 7) is 11.7. The van der Waals surface area contributed by atoms with Crippen LogP contribution in [0.2, 0.25) is 5.15 Å². The predicted octanol–water partition coefficient (Wildman–Crippen LogP) is 4.77. The third-order valence-corrected chi connectivity index (χ3v) is 4.02. The van der Waals surface area contributed by atoms with Crippen LogP contribution in [0.25, 0.3) is 0 Å². The summed E-state index contributed by atoms with van der Waals surface area (Å²) in [6, 6.07) is 0. The number of hydrogen-bond acceptors (Lipinski definition) is 3. The van der Waals surface area contributed by atoms with Crippen molar-refractivity contribution < 1.29 is 0 Å². The highest BCUT2D eigenvalue weighted by atomic mass is 35.5. The fourth-order valence-electron chi connectivity index (χ4n) is 2.01. The molecule has 0 spiro atoms. The van der Waals surface area contributed by atoms with Crippen LogP contribution in [0.4, 0.5) is 5.82 Å². The maximum atomic E-state index is 5.96. The molecule has 1 aromatic heterocycles. The van der Waals surface area contributed by atoms with Gasteiger partial charge in [-0.15, -0.1) is 10.2 Å². The van der Waals surface area contributed by atoms with Crippen molar-refractivity contribution in [3.8, 4) is 0 Å². The van der Waals surface area contributed by atoms with Gasteiger partial charge < -0.3 is 5.32 Å². The van der Waals surface area contributed by atoms with Crippen LogP contribution in [-0.4, -0.2) is 16.7 Å². The molecule has 0 amide bonds. The van der Waals surface area contributed by atoms with Gasteiger partial charge in [0, 0.05) is 6.54 Å². The molecule has 1 aromatic rings. The summed E-state index contributed by atoms with van der Waals surface area (Å²) in [5.74, 6) is 0.852. The Morgan fingerprint density at radius 2 is 1.79 bits per heavy atom. The van der Waals surface area contributed by atoms with Crippen LogP contribution in [0.1, 0.15) is 57.6 Å². The highest BCUT2D eigenvalue weighted by Gasteiger charge is 2.18. The van der Waals surface area contributed by atoms with Gasteiger partial charge in [0.15, 0.2) is 11.0 Å². The largest absolute Gasteiger partial charge is 0.368 e. The monoisotopic (exact) mass is 283 g/mol. The van der Waals surface area contributed by atoms with Crippen LogP contribution >= 0.6 is 11.6 Å². The fraction of sp³-hybridized carbons (Fsp3) is 0.733. The summed E-state index contributed by atoms with van der Waals surface area (Å²) in [7, 11) is 0. The highest BCUT2D eigenvalue weighted by Crippen LogP contribution is 2.26. The van der Waals surface area contributed by atoms with E-state index in [-0.39, 0.29) is 5.41 Å². The fourth-order valence-corrected chi connectivity index (χ4v) is 2.19. The molecule has 0 radical (unpaired) electrons. The van der Waals surface area contributed by atoms with Crippen molar-refractivity contribution in [1.82, 2.24) is 10.2 Å². The van der Waals surface area contributed by atoms with Crippen LogP contribution in [0.5, 0.6) is 0 Å². The van der Waals surface area contributed by atoms with E-state index in [0.717, 1.165) is 23.5 Å². The van der Waals surface area contributed by atoms with Crippen LogP contribution in [0.15, 0.2) is 0 Å². The smallest absolute Gasteiger partial charge is 0.155 e. The van der Waals surface area contributed by atoms with Crippen molar-refractivity contribution >= 4 is 17.4 Å². The number of unbranched alkanes of at least 4 members (excludes halogenated alkanes) is 2. The third kappa shape index (κ3) is 4.98. The molecule has 0 bridgehead atoms. The van der Waals surface area contributed by atoms with E-state index in [1.54, 1.807) is 0 Å². The molecular formula is C15H26ClN3. The number of halogens is 1. The van der Waals surface area contributed by atoms with Gasteiger partial charge in [0.2, 0.25) is 0 Å². The molecule has 0 aromatic carbocycles. The van der Waals surface area contributed by atoms with Crippen molar-refractivity contribution in [1.29, 1.82) is 0 Å². The average Bonchev–Trinajstić information content (AvgIpc) is 2.35. The Morgan fingerprint density at radius 1 is 1.11 bits per heavy atom. The van der Waals surface area contributed by atoms with Crippen molar-refractivity contribution in [2.24, 2.45) is 5.41 Å². The van der Waals surface area contributed by atoms with Crippen molar-refractivity contribution in [2.75, 3.05) is 11.9 Å². The van der Waals surface area contributed by atoms with Gasteiger partial charge in [0.05, 0.1) is 0 Å². The lowest BCUT2D eigenvalue weighted by molar-refractivity contribution is 0.342. The number of nitrogens with zero attached hydrogens (tertiary/aromatic N) is 2. The van der Waals surface area contributed by atoms with Gasteiger partial charge in [-0.1, -0.05) is 51.6 Å². The van der Waals surface area contributed by atoms with Gasteiger partial charge in [0.1, 0.15) is 0 Å². The molecular weight excluding hydrogens is 258 g/mol. The van der Waals surface area contributed by atoms with Crippen LogP contribution in [0, 0.1) is 19.3 Å². The maximum absolute atomic E-state index is 5.96. The Balaban J connectivity index is 2.59. The Morgan fingerprint density at radius 3 is 2.42 bits per heavy atom. The molecule has 108 valence electrons. The molecule has 3 nitrogen and oxygen atoms in total. The minimum absolute atomic E-state index is 0.275. The molecule has 0 saturated carbocycles. The van der Waals surface area contributed by atoms with E-state index in [2.05, 4.69) is 36.3 Å². The quantitative estimate of drug-likeness (QED) is 0.733. The summed E-state index contributed by atoms with van der Waals surface area (Å²) in [5, 5.41) is 12.0. The minimum atomic E-state index is 0.275. The second-order valence-corrected chi connectivity index (χ2v) is 6.42. The van der Waals surface area contributed by atoms with Crippen molar-refractivity contribution in [3.63, 3.8) is 0 Å². The maximum Gasteiger partial charge on any atom is 0.155 e. The Kier molecular flexibility index (Phi) is 6.05. The lowest BCUT2D eigenvalue weighted by Crippen LogP contribution is -2.24. The first-order chi connectivity index (χ1) is 8.87. The second kappa shape index (κ2) is 7.09. The molecule has 0 aliphatic rings. The van der Waals surface area contributed by atoms with E-state index in [1.807, 2.05) is 13.8 Å². The molecule has 0 aliphatic heterocycles. The number of nitrogens with one attached hydrogen (secondary N) is 1. The second-order valence-electron chi connectivity index (χ2n) is 6.06. The van der Waals surface area contributed by atoms with Gasteiger partial charge in [0.25, 0.3) is 0 Å². The Labute approximate surface area is 122 Å². The zero-order chi connectivity index (χ0) is 14.5. The first-order valence-corrected chi connectivity index (χ1v) is 7.48. The van der Waals surface area contributed by atoms with E-state index in [1.165, 1.54) is 25.7 Å². The van der Waals surface area contributed by atoms with Crippen molar-refractivity contribution in [3.05, 3.63) is 16.3 Å². The molecule has 0 fully saturated rings. The highest BCUT2D eigenvalue weighted by molar-refractivity contribution is 6.30. The van der Waals surface area contributed by atoms with Gasteiger partial charge in [-0.2, -0.15) is 0 Å². The Hall–Kier alpha value is -0.830. The molecule has 0 saturated heterocycles. The van der Waals surface area contributed by atoms with E-state index in [4.69, 9.17) is 11.6 Å². The average molecular weight is 284 g/mol. The van der Waals surface area contributed by atoms with E-state index >= 15 is 0 Å². The standard InChI is InChI=1S/C15H26ClN3/c1-6-7-8-9-15(4,5)10-17-14-12(3)11(2)13(16)18-19-14/h6-10H2,1-5H3,(H,17,19). The van der Waals surface area contributed by atoms with E-state index < -0.39 is 0 Å². The zero-order valence-electron chi connectivity index (χ0n) is 12.8. The zero-order valence-corrected chi connectivity index (χ0v) is 13.6. The van der Waals surface area contributed by atoms with Crippen molar-refractivity contribution in [2.45, 2.75) is 60.3 Å². The summed E-state index contributed by atoms with van der Waals surface area (Å²) in [4.78, 5) is 0. The number of aromatic nitrogens is 2. The first-order valence-electron chi connectivity index (χ1n) is 7.10. The summed E-state index contributed by atoms with van der Waals surface area (Å²) < 4.78 is 0. The van der Waals surface area contributed by atoms with Gasteiger partial charge >= 0.3 is 0 Å². The molecule has 1 rings (SSSR count). The number of hydrogen-bond donors (Lipinski definition) is 1. The van der Waals surface area contributed by atoms with Crippen LogP contribution in [0.3, 0.4) is 0 Å². The number of anilines is 1. The molecule has 4 heteroatoms. The third-order valence-electron chi connectivity index (χ3n) is 3.66. The van der Waals surface area contributed by atoms with E-state index in [0.29, 0.717) is 5.15 Å². The number of rotatable bonds is 7. The SMILES string of the molecule is CCCCCC(C)(C)CNc1nnc(Cl)c(C)c1C. The topological polar surface area (TPSA) is 37.8 Å². The van der Waals surface area contributed by atoms with Crippen LogP contribution < -0.4 is 5.32 Å². The lowest BCUT2D eigenvalue weighted by atomic mass is 9.87. The van der Waals surface area contributed by atoms with Gasteiger partial charge in [-0.05, 0) is 36.8 Å². The molecule has 0 aliphatic carbocycles. The molecule has 0 unspecified atom stereocenters. The van der Waals surface area contributed by atoms with Crippen LogP contribution in [-0.2, 0) is 0 Å². The van der Waals surface area contributed by atoms with Gasteiger partial charge in [-0.3, -0.25) is 0 Å². The van der Waals surface area contributed by atoms with E-state index in [9.17, 15) is 0 Å².